The van der Waals surface area contributed by atoms with Gasteiger partial charge in [0.05, 0.1) is 0 Å². The van der Waals surface area contributed by atoms with Crippen molar-refractivity contribution in [1.82, 2.24) is 0 Å². The predicted molar refractivity (Wildman–Crippen MR) is 71.7 cm³/mol. The Morgan fingerprint density at radius 1 is 0.706 bits per heavy atom. The van der Waals surface area contributed by atoms with Crippen LogP contribution in [0.3, 0.4) is 0 Å². The Hall–Kier alpha value is -0.894. The second kappa shape index (κ2) is 5.63. The molecule has 17 heavy (non-hydrogen) atoms. The van der Waals surface area contributed by atoms with Gasteiger partial charge in [-0.1, -0.05) is 41.8 Å². The molecule has 80 valence electrons. The van der Waals surface area contributed by atoms with Gasteiger partial charge in [0.2, 0.25) is 0 Å². The molecule has 3 aromatic carbocycles. The molecule has 0 nitrogen and oxygen atoms in total. The number of hydrogen-bond donors (Lipinski definition) is 0. The Morgan fingerprint density at radius 2 is 1.29 bits per heavy atom. The molecule has 0 saturated heterocycles. The van der Waals surface area contributed by atoms with E-state index in [1.165, 1.54) is 21.5 Å². The van der Waals surface area contributed by atoms with E-state index in [9.17, 15) is 0 Å². The molecule has 0 aliphatic carbocycles. The summed E-state index contributed by atoms with van der Waals surface area (Å²) < 4.78 is 0. The summed E-state index contributed by atoms with van der Waals surface area (Å²) in [6, 6.07) is 19.1. The molecule has 2 heteroatoms. The van der Waals surface area contributed by atoms with Crippen molar-refractivity contribution in [1.29, 1.82) is 0 Å². The molecule has 3 aromatic rings. The molecule has 0 aromatic heterocycles. The van der Waals surface area contributed by atoms with Gasteiger partial charge in [-0.15, -0.1) is 17.5 Å². The minimum Gasteiger partial charge on any atom is -1.00 e. The van der Waals surface area contributed by atoms with E-state index in [0.29, 0.717) is 0 Å². The summed E-state index contributed by atoms with van der Waals surface area (Å²) in [5, 5.41) is 5.08. The molecular formula is C15H11ClMg. The van der Waals surface area contributed by atoms with Crippen LogP contribution in [0.2, 0.25) is 0 Å². The van der Waals surface area contributed by atoms with Crippen LogP contribution in [-0.4, -0.2) is 23.1 Å². The normalized spacial score (nSPS) is 9.65. The molecule has 0 atom stereocenters. The van der Waals surface area contributed by atoms with Gasteiger partial charge < -0.3 is 12.4 Å². The fourth-order valence-corrected chi connectivity index (χ4v) is 2.03. The smallest absolute Gasteiger partial charge is 1.00 e. The summed E-state index contributed by atoms with van der Waals surface area (Å²) in [7, 11) is 0. The molecule has 0 aliphatic rings. The fraction of sp³-hybridized carbons (Fsp3) is 0. The van der Waals surface area contributed by atoms with Crippen LogP contribution in [0.15, 0.2) is 54.6 Å². The molecule has 0 radical (unpaired) electrons. The third-order valence-electron chi connectivity index (χ3n) is 2.84. The van der Waals surface area contributed by atoms with Crippen molar-refractivity contribution >= 4 is 44.6 Å². The first kappa shape index (κ1) is 14.2. The summed E-state index contributed by atoms with van der Waals surface area (Å²) in [5.41, 5.74) is 1.10. The second-order valence-corrected chi connectivity index (χ2v) is 3.84. The van der Waals surface area contributed by atoms with E-state index in [1.807, 2.05) is 0 Å². The molecule has 3 rings (SSSR count). The summed E-state index contributed by atoms with van der Waals surface area (Å²) in [5.74, 6) is 0. The molecule has 0 amide bonds. The molecule has 0 spiro atoms. The van der Waals surface area contributed by atoms with E-state index in [0.717, 1.165) is 5.56 Å². The van der Waals surface area contributed by atoms with Crippen LogP contribution in [0.5, 0.6) is 0 Å². The Kier molecular flexibility index (Phi) is 4.69. The number of fused-ring (bicyclic) bond motifs is 2. The van der Waals surface area contributed by atoms with Gasteiger partial charge in [0.25, 0.3) is 0 Å². The third kappa shape index (κ3) is 2.52. The maximum atomic E-state index is 4.06. The maximum Gasteiger partial charge on any atom is 2.00 e. The molecule has 0 aliphatic heterocycles. The van der Waals surface area contributed by atoms with Crippen LogP contribution < -0.4 is 12.4 Å². The minimum atomic E-state index is 0. The summed E-state index contributed by atoms with van der Waals surface area (Å²) >= 11 is 0. The van der Waals surface area contributed by atoms with E-state index >= 15 is 0 Å². The predicted octanol–water partition coefficient (Wildman–Crippen LogP) is 0.798. The topological polar surface area (TPSA) is 0 Å². The first-order chi connectivity index (χ1) is 7.34. The number of benzene rings is 3. The molecule has 0 saturated carbocycles. The Labute approximate surface area is 124 Å². The first-order valence-electron chi connectivity index (χ1n) is 5.08. The zero-order valence-electron chi connectivity index (χ0n) is 9.49. The average molecular weight is 251 g/mol. The zero-order chi connectivity index (χ0) is 10.3. The van der Waals surface area contributed by atoms with Crippen LogP contribution >= 0.6 is 0 Å². The van der Waals surface area contributed by atoms with Crippen LogP contribution in [0.1, 0.15) is 5.56 Å². The minimum absolute atomic E-state index is 0. The largest absolute Gasteiger partial charge is 2.00 e. The number of halogens is 1. The second-order valence-electron chi connectivity index (χ2n) is 3.84. The molecule has 0 heterocycles. The molecular weight excluding hydrogens is 240 g/mol. The van der Waals surface area contributed by atoms with Crippen molar-refractivity contribution < 1.29 is 12.4 Å². The quantitative estimate of drug-likeness (QED) is 0.315. The first-order valence-corrected chi connectivity index (χ1v) is 5.08. The Bertz CT molecular complexity index is 647. The van der Waals surface area contributed by atoms with Crippen molar-refractivity contribution in [2.45, 2.75) is 0 Å². The van der Waals surface area contributed by atoms with E-state index in [1.54, 1.807) is 0 Å². The summed E-state index contributed by atoms with van der Waals surface area (Å²) in [6.45, 7) is 4.06. The van der Waals surface area contributed by atoms with Crippen LogP contribution in [-0.2, 0) is 0 Å². The van der Waals surface area contributed by atoms with Gasteiger partial charge in [0, 0.05) is 0 Å². The van der Waals surface area contributed by atoms with Gasteiger partial charge in [-0.2, -0.15) is 18.6 Å². The summed E-state index contributed by atoms with van der Waals surface area (Å²) in [6.07, 6.45) is 0. The van der Waals surface area contributed by atoms with Gasteiger partial charge in [0.15, 0.2) is 0 Å². The maximum absolute atomic E-state index is 4.06. The van der Waals surface area contributed by atoms with Gasteiger partial charge in [-0.05, 0) is 10.8 Å². The van der Waals surface area contributed by atoms with E-state index < -0.39 is 0 Å². The Balaban J connectivity index is 0.000000722. The third-order valence-corrected chi connectivity index (χ3v) is 2.84. The molecule has 0 bridgehead atoms. The fourth-order valence-electron chi connectivity index (χ4n) is 2.03. The molecule has 0 fully saturated rings. The monoisotopic (exact) mass is 250 g/mol. The number of rotatable bonds is 0. The average Bonchev–Trinajstić information content (AvgIpc) is 2.27. The van der Waals surface area contributed by atoms with Crippen molar-refractivity contribution in [3.05, 3.63) is 67.1 Å². The van der Waals surface area contributed by atoms with Crippen molar-refractivity contribution in [2.24, 2.45) is 0 Å². The van der Waals surface area contributed by atoms with Crippen molar-refractivity contribution in [2.75, 3.05) is 0 Å². The molecule has 0 N–H and O–H groups in total. The number of hydrogen-bond acceptors (Lipinski definition) is 0. The van der Waals surface area contributed by atoms with Crippen LogP contribution in [0.4, 0.5) is 0 Å². The van der Waals surface area contributed by atoms with Crippen LogP contribution in [0, 0.1) is 6.92 Å². The van der Waals surface area contributed by atoms with Gasteiger partial charge in [0.1, 0.15) is 0 Å². The van der Waals surface area contributed by atoms with Gasteiger partial charge in [-0.3, -0.25) is 0 Å². The van der Waals surface area contributed by atoms with E-state index in [-0.39, 0.29) is 35.5 Å². The molecule has 0 unspecified atom stereocenters. The SMILES string of the molecule is [CH2-]c1cccc2cc3ccccc3cc12.[Cl-].[Mg+2]. The zero-order valence-corrected chi connectivity index (χ0v) is 11.7. The van der Waals surface area contributed by atoms with E-state index in [2.05, 4.69) is 61.5 Å². The van der Waals surface area contributed by atoms with Gasteiger partial charge >= 0.3 is 23.1 Å². The van der Waals surface area contributed by atoms with Gasteiger partial charge in [-0.25, -0.2) is 0 Å². The van der Waals surface area contributed by atoms with Crippen LogP contribution in [0.25, 0.3) is 21.5 Å². The van der Waals surface area contributed by atoms with Crippen molar-refractivity contribution in [3.8, 4) is 0 Å². The summed E-state index contributed by atoms with van der Waals surface area (Å²) in [4.78, 5) is 0. The Morgan fingerprint density at radius 3 is 2.00 bits per heavy atom. The standard InChI is InChI=1S/C15H11.ClH.Mg/c1-11-5-4-8-14-9-12-6-2-3-7-13(12)10-15(11)14;;/h2-10H,1H2;1H;/q-1;;+2/p-1. The van der Waals surface area contributed by atoms with E-state index in [4.69, 9.17) is 0 Å². The van der Waals surface area contributed by atoms with Crippen molar-refractivity contribution in [3.63, 3.8) is 0 Å².